The molecule has 0 amide bonds. The predicted molar refractivity (Wildman–Crippen MR) is 89.7 cm³/mol. The molecule has 1 N–H and O–H groups in total. The SMILES string of the molecule is CCOC(=O)CCC/C=C/CC(N=Cc1ccccc1)C(=O)O. The van der Waals surface area contributed by atoms with Crippen LogP contribution in [0.25, 0.3) is 0 Å². The summed E-state index contributed by atoms with van der Waals surface area (Å²) in [6.45, 7) is 2.17. The molecule has 0 radical (unpaired) electrons. The van der Waals surface area contributed by atoms with Gasteiger partial charge in [0, 0.05) is 12.6 Å². The van der Waals surface area contributed by atoms with Crippen LogP contribution in [0.1, 0.15) is 38.2 Å². The summed E-state index contributed by atoms with van der Waals surface area (Å²) in [6.07, 6.45) is 7.38. The average molecular weight is 317 g/mol. The number of aliphatic imine (C=N–C) groups is 1. The molecule has 1 aromatic carbocycles. The van der Waals surface area contributed by atoms with E-state index in [-0.39, 0.29) is 5.97 Å². The number of hydrogen-bond donors (Lipinski definition) is 1. The smallest absolute Gasteiger partial charge is 0.328 e. The molecule has 23 heavy (non-hydrogen) atoms. The number of rotatable bonds is 10. The first-order valence-corrected chi connectivity index (χ1v) is 7.75. The van der Waals surface area contributed by atoms with Gasteiger partial charge in [-0.2, -0.15) is 0 Å². The number of nitrogens with zero attached hydrogens (tertiary/aromatic N) is 1. The summed E-state index contributed by atoms with van der Waals surface area (Å²) in [5.41, 5.74) is 0.872. The number of ether oxygens (including phenoxy) is 1. The number of allylic oxidation sites excluding steroid dienone is 1. The minimum absolute atomic E-state index is 0.197. The zero-order chi connectivity index (χ0) is 16.9. The van der Waals surface area contributed by atoms with Gasteiger partial charge in [-0.25, -0.2) is 4.79 Å². The van der Waals surface area contributed by atoms with E-state index in [1.165, 1.54) is 0 Å². The molecular formula is C18H23NO4. The van der Waals surface area contributed by atoms with E-state index in [4.69, 9.17) is 4.74 Å². The van der Waals surface area contributed by atoms with E-state index in [1.807, 2.05) is 36.4 Å². The molecule has 1 rings (SSSR count). The third kappa shape index (κ3) is 8.56. The first-order valence-electron chi connectivity index (χ1n) is 7.75. The summed E-state index contributed by atoms with van der Waals surface area (Å²) in [4.78, 5) is 26.5. The average Bonchev–Trinajstić information content (AvgIpc) is 2.54. The molecule has 5 heteroatoms. The van der Waals surface area contributed by atoms with Gasteiger partial charge in [0.15, 0.2) is 6.04 Å². The van der Waals surface area contributed by atoms with Crippen LogP contribution in [0.2, 0.25) is 0 Å². The highest BCUT2D eigenvalue weighted by Crippen LogP contribution is 2.05. The molecule has 0 heterocycles. The molecule has 0 aliphatic rings. The molecule has 1 atom stereocenters. The molecule has 0 aliphatic carbocycles. The number of hydrogen-bond acceptors (Lipinski definition) is 4. The van der Waals surface area contributed by atoms with E-state index in [1.54, 1.807) is 19.2 Å². The number of unbranched alkanes of at least 4 members (excludes halogenated alkanes) is 1. The van der Waals surface area contributed by atoms with Gasteiger partial charge in [-0.1, -0.05) is 42.5 Å². The van der Waals surface area contributed by atoms with Crippen LogP contribution in [0.15, 0.2) is 47.5 Å². The highest BCUT2D eigenvalue weighted by atomic mass is 16.5. The zero-order valence-electron chi connectivity index (χ0n) is 13.4. The quantitative estimate of drug-likeness (QED) is 0.311. The molecule has 0 saturated carbocycles. The van der Waals surface area contributed by atoms with E-state index in [9.17, 15) is 14.7 Å². The van der Waals surface area contributed by atoms with Crippen LogP contribution >= 0.6 is 0 Å². The summed E-state index contributed by atoms with van der Waals surface area (Å²) in [5.74, 6) is -1.15. The minimum atomic E-state index is -0.951. The van der Waals surface area contributed by atoms with Gasteiger partial charge < -0.3 is 9.84 Å². The van der Waals surface area contributed by atoms with Crippen molar-refractivity contribution in [3.05, 3.63) is 48.0 Å². The zero-order valence-corrected chi connectivity index (χ0v) is 13.4. The van der Waals surface area contributed by atoms with Crippen molar-refractivity contribution in [1.82, 2.24) is 0 Å². The lowest BCUT2D eigenvalue weighted by atomic mass is 10.1. The van der Waals surface area contributed by atoms with E-state index in [0.717, 1.165) is 5.56 Å². The molecule has 0 bridgehead atoms. The van der Waals surface area contributed by atoms with Crippen LogP contribution in [0.5, 0.6) is 0 Å². The summed E-state index contributed by atoms with van der Waals surface area (Å²) in [7, 11) is 0. The highest BCUT2D eigenvalue weighted by Gasteiger charge is 2.12. The summed E-state index contributed by atoms with van der Waals surface area (Å²) in [6, 6.07) is 8.59. The van der Waals surface area contributed by atoms with Crippen molar-refractivity contribution < 1.29 is 19.4 Å². The van der Waals surface area contributed by atoms with Crippen molar-refractivity contribution in [2.45, 2.75) is 38.6 Å². The third-order valence-electron chi connectivity index (χ3n) is 3.07. The number of benzene rings is 1. The van der Waals surface area contributed by atoms with Crippen molar-refractivity contribution in [2.24, 2.45) is 4.99 Å². The number of carboxylic acid groups (broad SMARTS) is 1. The van der Waals surface area contributed by atoms with Crippen molar-refractivity contribution in [3.63, 3.8) is 0 Å². The molecule has 0 aliphatic heterocycles. The number of esters is 1. The lowest BCUT2D eigenvalue weighted by Gasteiger charge is -2.03. The van der Waals surface area contributed by atoms with Crippen molar-refractivity contribution in [2.75, 3.05) is 6.61 Å². The van der Waals surface area contributed by atoms with Gasteiger partial charge in [-0.3, -0.25) is 9.79 Å². The molecule has 124 valence electrons. The topological polar surface area (TPSA) is 76.0 Å². The van der Waals surface area contributed by atoms with Gasteiger partial charge in [-0.15, -0.1) is 0 Å². The number of carbonyl (C=O) groups is 2. The molecular weight excluding hydrogens is 294 g/mol. The standard InChI is InChI=1S/C18H23NO4/c1-2-23-17(20)13-9-4-3-8-12-16(18(21)22)19-14-15-10-6-5-7-11-15/h3,5-8,10-11,14,16H,2,4,9,12-13H2,1H3,(H,21,22)/b8-3+,19-14?. The second kappa shape index (κ2) is 11.2. The van der Waals surface area contributed by atoms with Crippen LogP contribution in [-0.2, 0) is 14.3 Å². The monoisotopic (exact) mass is 317 g/mol. The Bertz CT molecular complexity index is 537. The molecule has 0 fully saturated rings. The van der Waals surface area contributed by atoms with E-state index in [0.29, 0.717) is 32.3 Å². The largest absolute Gasteiger partial charge is 0.480 e. The molecule has 0 aromatic heterocycles. The molecule has 5 nitrogen and oxygen atoms in total. The Morgan fingerprint density at radius 1 is 1.26 bits per heavy atom. The maximum Gasteiger partial charge on any atom is 0.328 e. The molecule has 1 unspecified atom stereocenters. The Balaban J connectivity index is 2.36. The van der Waals surface area contributed by atoms with Gasteiger partial charge in [0.1, 0.15) is 0 Å². The lowest BCUT2D eigenvalue weighted by molar-refractivity contribution is -0.143. The molecule has 1 aromatic rings. The van der Waals surface area contributed by atoms with Crippen molar-refractivity contribution >= 4 is 18.2 Å². The highest BCUT2D eigenvalue weighted by molar-refractivity contribution is 5.83. The first-order chi connectivity index (χ1) is 11.1. The Labute approximate surface area is 136 Å². The van der Waals surface area contributed by atoms with E-state index in [2.05, 4.69) is 4.99 Å². The maximum atomic E-state index is 11.2. The van der Waals surface area contributed by atoms with Crippen LogP contribution in [-0.4, -0.2) is 35.9 Å². The van der Waals surface area contributed by atoms with E-state index >= 15 is 0 Å². The van der Waals surface area contributed by atoms with Crippen LogP contribution in [0.4, 0.5) is 0 Å². The van der Waals surface area contributed by atoms with Gasteiger partial charge >= 0.3 is 11.9 Å². The molecule has 0 spiro atoms. The van der Waals surface area contributed by atoms with E-state index < -0.39 is 12.0 Å². The summed E-state index contributed by atoms with van der Waals surface area (Å²) < 4.78 is 4.83. The minimum Gasteiger partial charge on any atom is -0.480 e. The van der Waals surface area contributed by atoms with Crippen molar-refractivity contribution in [3.8, 4) is 0 Å². The molecule has 0 saturated heterocycles. The number of aliphatic carboxylic acids is 1. The first kappa shape index (κ1) is 18.6. The Hall–Kier alpha value is -2.43. The summed E-state index contributed by atoms with van der Waals surface area (Å²) >= 11 is 0. The van der Waals surface area contributed by atoms with Crippen molar-refractivity contribution in [1.29, 1.82) is 0 Å². The van der Waals surface area contributed by atoms with Gasteiger partial charge in [0.25, 0.3) is 0 Å². The van der Waals surface area contributed by atoms with Gasteiger partial charge in [0.2, 0.25) is 0 Å². The number of carboxylic acids is 1. The van der Waals surface area contributed by atoms with Crippen LogP contribution in [0, 0.1) is 0 Å². The Kier molecular flexibility index (Phi) is 9.05. The Morgan fingerprint density at radius 3 is 2.65 bits per heavy atom. The third-order valence-corrected chi connectivity index (χ3v) is 3.07. The fourth-order valence-corrected chi connectivity index (χ4v) is 1.88. The maximum absolute atomic E-state index is 11.2. The lowest BCUT2D eigenvalue weighted by Crippen LogP contribution is -2.17. The normalized spacial score (nSPS) is 12.6. The Morgan fingerprint density at radius 2 is 2.00 bits per heavy atom. The number of carbonyl (C=O) groups excluding carboxylic acids is 1. The second-order valence-corrected chi connectivity index (χ2v) is 4.95. The summed E-state index contributed by atoms with van der Waals surface area (Å²) in [5, 5.41) is 9.18. The fourth-order valence-electron chi connectivity index (χ4n) is 1.88. The fraction of sp³-hybridized carbons (Fsp3) is 0.389. The van der Waals surface area contributed by atoms with Crippen LogP contribution in [0.3, 0.4) is 0 Å². The van der Waals surface area contributed by atoms with Gasteiger partial charge in [-0.05, 0) is 31.7 Å². The second-order valence-electron chi connectivity index (χ2n) is 4.95. The van der Waals surface area contributed by atoms with Gasteiger partial charge in [0.05, 0.1) is 6.61 Å². The van der Waals surface area contributed by atoms with Crippen LogP contribution < -0.4 is 0 Å². The predicted octanol–water partition coefficient (Wildman–Crippen LogP) is 3.24.